The predicted molar refractivity (Wildman–Crippen MR) is 122 cm³/mol. The quantitative estimate of drug-likeness (QED) is 0.364. The molecule has 1 aromatic carbocycles. The summed E-state index contributed by atoms with van der Waals surface area (Å²) >= 11 is 2.16. The fourth-order valence-electron chi connectivity index (χ4n) is 3.83. The van der Waals surface area contributed by atoms with Crippen LogP contribution in [0.15, 0.2) is 35.5 Å². The fraction of sp³-hybridized carbons (Fsp3) is 0.400. The first-order valence-corrected chi connectivity index (χ1v) is 12.4. The lowest BCUT2D eigenvalue weighted by atomic mass is 9.95. The van der Waals surface area contributed by atoms with Crippen molar-refractivity contribution in [2.75, 3.05) is 12.3 Å². The van der Waals surface area contributed by atoms with Crippen molar-refractivity contribution >= 4 is 49.5 Å². The van der Waals surface area contributed by atoms with Gasteiger partial charge in [0, 0.05) is 22.4 Å². The van der Waals surface area contributed by atoms with Gasteiger partial charge in [0.05, 0.1) is 16.7 Å². The molecule has 1 aliphatic carbocycles. The summed E-state index contributed by atoms with van der Waals surface area (Å²) in [7, 11) is -3.46. The maximum atomic E-state index is 12.4. The number of sulfonamides is 1. The van der Waals surface area contributed by atoms with E-state index in [1.54, 1.807) is 24.3 Å². The number of rotatable bonds is 7. The van der Waals surface area contributed by atoms with E-state index in [-0.39, 0.29) is 0 Å². The number of nitrogen functional groups attached to an aromatic ring is 1. The molecule has 0 saturated heterocycles. The SMILES string of the molecule is Nc1nc2c(c3c1ncn3CCCCNS(=O)(=O)c1ccc(I)cc1)CCCC2. The van der Waals surface area contributed by atoms with Crippen molar-refractivity contribution < 1.29 is 8.42 Å². The van der Waals surface area contributed by atoms with Gasteiger partial charge in [0.2, 0.25) is 10.0 Å². The van der Waals surface area contributed by atoms with Gasteiger partial charge in [0.1, 0.15) is 5.52 Å². The maximum absolute atomic E-state index is 12.4. The predicted octanol–water partition coefficient (Wildman–Crippen LogP) is 3.26. The molecule has 0 spiro atoms. The number of halogens is 1. The zero-order chi connectivity index (χ0) is 20.4. The van der Waals surface area contributed by atoms with E-state index in [0.29, 0.717) is 17.3 Å². The molecule has 29 heavy (non-hydrogen) atoms. The Morgan fingerprint density at radius 1 is 1.14 bits per heavy atom. The van der Waals surface area contributed by atoms with Crippen LogP contribution in [-0.4, -0.2) is 29.5 Å². The van der Waals surface area contributed by atoms with Gasteiger partial charge in [-0.3, -0.25) is 0 Å². The van der Waals surface area contributed by atoms with Crippen LogP contribution >= 0.6 is 22.6 Å². The Bertz CT molecular complexity index is 1130. The van der Waals surface area contributed by atoms with E-state index in [4.69, 9.17) is 5.73 Å². The number of aromatic nitrogens is 3. The van der Waals surface area contributed by atoms with Gasteiger partial charge in [-0.25, -0.2) is 23.1 Å². The normalized spacial score (nSPS) is 14.2. The number of unbranched alkanes of at least 4 members (excludes halogenated alkanes) is 1. The number of nitrogens with two attached hydrogens (primary N) is 1. The van der Waals surface area contributed by atoms with E-state index < -0.39 is 10.0 Å². The van der Waals surface area contributed by atoms with E-state index >= 15 is 0 Å². The topological polar surface area (TPSA) is 103 Å². The highest BCUT2D eigenvalue weighted by Gasteiger charge is 2.20. The van der Waals surface area contributed by atoms with Gasteiger partial charge in [-0.1, -0.05) is 0 Å². The molecular formula is C20H24IN5O2S. The monoisotopic (exact) mass is 525 g/mol. The van der Waals surface area contributed by atoms with Gasteiger partial charge in [0.15, 0.2) is 5.82 Å². The Balaban J connectivity index is 1.38. The smallest absolute Gasteiger partial charge is 0.240 e. The minimum absolute atomic E-state index is 0.299. The molecule has 2 heterocycles. The van der Waals surface area contributed by atoms with Crippen molar-refractivity contribution in [3.8, 4) is 0 Å². The van der Waals surface area contributed by atoms with Crippen LogP contribution in [0.25, 0.3) is 11.0 Å². The molecule has 0 bridgehead atoms. The summed E-state index contributed by atoms with van der Waals surface area (Å²) in [5.74, 6) is 0.504. The third-order valence-corrected chi connectivity index (χ3v) is 7.50. The molecule has 4 rings (SSSR count). The molecule has 0 saturated carbocycles. The first-order chi connectivity index (χ1) is 14.0. The second-order valence-electron chi connectivity index (χ2n) is 7.32. The molecule has 3 aromatic rings. The van der Waals surface area contributed by atoms with Crippen LogP contribution in [0.3, 0.4) is 0 Å². The molecule has 0 aliphatic heterocycles. The molecule has 3 N–H and O–H groups in total. The number of pyridine rings is 1. The number of hydrogen-bond donors (Lipinski definition) is 2. The lowest BCUT2D eigenvalue weighted by molar-refractivity contribution is 0.568. The molecule has 2 aromatic heterocycles. The van der Waals surface area contributed by atoms with Crippen molar-refractivity contribution in [2.24, 2.45) is 0 Å². The highest BCUT2D eigenvalue weighted by Crippen LogP contribution is 2.30. The molecule has 0 unspecified atom stereocenters. The van der Waals surface area contributed by atoms with Crippen LogP contribution in [0.5, 0.6) is 0 Å². The standard InChI is InChI=1S/C20H24IN5O2S/c21-14-7-9-15(10-8-14)29(27,28)24-11-3-4-12-26-13-23-18-19(26)16-5-1-2-6-17(16)25-20(18)22/h7-10,13,24H,1-6,11-12H2,(H2,22,25). The Labute approximate surface area is 184 Å². The first kappa shape index (κ1) is 20.5. The highest BCUT2D eigenvalue weighted by atomic mass is 127. The van der Waals surface area contributed by atoms with Crippen LogP contribution in [0, 0.1) is 3.57 Å². The second kappa shape index (κ2) is 8.57. The molecular weight excluding hydrogens is 501 g/mol. The summed E-state index contributed by atoms with van der Waals surface area (Å²) in [5, 5.41) is 0. The lowest BCUT2D eigenvalue weighted by Crippen LogP contribution is -2.25. The van der Waals surface area contributed by atoms with Crippen LogP contribution in [0.1, 0.15) is 36.9 Å². The van der Waals surface area contributed by atoms with Crippen LogP contribution in [0.2, 0.25) is 0 Å². The van der Waals surface area contributed by atoms with E-state index in [2.05, 4.69) is 41.8 Å². The largest absolute Gasteiger partial charge is 0.382 e. The van der Waals surface area contributed by atoms with Crippen LogP contribution in [-0.2, 0) is 29.4 Å². The van der Waals surface area contributed by atoms with Gasteiger partial charge in [-0.2, -0.15) is 0 Å². The summed E-state index contributed by atoms with van der Waals surface area (Å²) < 4.78 is 30.6. The molecule has 154 valence electrons. The summed E-state index contributed by atoms with van der Waals surface area (Å²) in [6.07, 6.45) is 7.72. The Kier molecular flexibility index (Phi) is 6.07. The minimum Gasteiger partial charge on any atom is -0.382 e. The van der Waals surface area contributed by atoms with Crippen molar-refractivity contribution in [3.63, 3.8) is 0 Å². The number of nitrogens with zero attached hydrogens (tertiary/aromatic N) is 3. The Morgan fingerprint density at radius 3 is 2.69 bits per heavy atom. The third-order valence-electron chi connectivity index (χ3n) is 5.30. The van der Waals surface area contributed by atoms with Crippen LogP contribution < -0.4 is 10.5 Å². The van der Waals surface area contributed by atoms with Gasteiger partial charge in [-0.05, 0) is 90.9 Å². The van der Waals surface area contributed by atoms with Crippen molar-refractivity contribution in [1.82, 2.24) is 19.3 Å². The van der Waals surface area contributed by atoms with Gasteiger partial charge < -0.3 is 10.3 Å². The molecule has 7 nitrogen and oxygen atoms in total. The summed E-state index contributed by atoms with van der Waals surface area (Å²) in [6, 6.07) is 6.84. The van der Waals surface area contributed by atoms with Crippen molar-refractivity contribution in [3.05, 3.63) is 45.4 Å². The molecule has 9 heteroatoms. The Hall–Kier alpha value is -1.72. The first-order valence-electron chi connectivity index (χ1n) is 9.83. The van der Waals surface area contributed by atoms with Gasteiger partial charge in [-0.15, -0.1) is 0 Å². The van der Waals surface area contributed by atoms with E-state index in [1.807, 2.05) is 6.33 Å². The molecule has 0 radical (unpaired) electrons. The lowest BCUT2D eigenvalue weighted by Gasteiger charge is -2.17. The fourth-order valence-corrected chi connectivity index (χ4v) is 5.27. The minimum atomic E-state index is -3.46. The number of aryl methyl sites for hydroxylation is 3. The molecule has 1 aliphatic rings. The molecule has 0 amide bonds. The number of nitrogens with one attached hydrogen (secondary N) is 1. The number of hydrogen-bond acceptors (Lipinski definition) is 5. The van der Waals surface area contributed by atoms with Crippen molar-refractivity contribution in [2.45, 2.75) is 50.0 Å². The summed E-state index contributed by atoms with van der Waals surface area (Å²) in [6.45, 7) is 1.18. The zero-order valence-electron chi connectivity index (χ0n) is 16.1. The average Bonchev–Trinajstić information content (AvgIpc) is 3.13. The van der Waals surface area contributed by atoms with Gasteiger partial charge >= 0.3 is 0 Å². The zero-order valence-corrected chi connectivity index (χ0v) is 19.0. The number of fused-ring (bicyclic) bond motifs is 3. The molecule has 0 atom stereocenters. The van der Waals surface area contributed by atoms with Crippen LogP contribution in [0.4, 0.5) is 5.82 Å². The van der Waals surface area contributed by atoms with E-state index in [0.717, 1.165) is 58.9 Å². The number of imidazole rings is 1. The van der Waals surface area contributed by atoms with E-state index in [1.165, 1.54) is 12.0 Å². The molecule has 0 fully saturated rings. The number of benzene rings is 1. The third kappa shape index (κ3) is 4.41. The second-order valence-corrected chi connectivity index (χ2v) is 10.3. The summed E-state index contributed by atoms with van der Waals surface area (Å²) in [5.41, 5.74) is 10.4. The average molecular weight is 525 g/mol. The Morgan fingerprint density at radius 2 is 1.90 bits per heavy atom. The number of anilines is 1. The summed E-state index contributed by atoms with van der Waals surface area (Å²) in [4.78, 5) is 9.32. The highest BCUT2D eigenvalue weighted by molar-refractivity contribution is 14.1. The maximum Gasteiger partial charge on any atom is 0.240 e. The van der Waals surface area contributed by atoms with E-state index in [9.17, 15) is 8.42 Å². The van der Waals surface area contributed by atoms with Gasteiger partial charge in [0.25, 0.3) is 0 Å². The van der Waals surface area contributed by atoms with Crippen molar-refractivity contribution in [1.29, 1.82) is 0 Å².